The highest BCUT2D eigenvalue weighted by atomic mass is 31.2. The van der Waals surface area contributed by atoms with Crippen LogP contribution in [0.2, 0.25) is 0 Å². The predicted molar refractivity (Wildman–Crippen MR) is 245 cm³/mol. The Morgan fingerprint density at radius 1 is 0.574 bits per heavy atom. The standard InChI is InChI=1S/C48H91O12P/c1-3-5-6-7-8-9-10-11-12-13-14-15-16-17-21-24-27-30-33-36-44(51)42(4-2)35-32-29-26-23-20-18-19-22-25-28-31-34-37-47(54)58-40-43(38-49)60-61(56,57)59-41-46(53)48(55)45(52)39-50/h14-15,33,36,42-43,45-46,48-50,52-53,55H,3-13,16-32,34-35,37-41H2,1-2H3,(H,56,57)/t42?,43-,45+,46+,48-/m0/s1. The van der Waals surface area contributed by atoms with Gasteiger partial charge < -0.3 is 35.2 Å². The minimum Gasteiger partial charge on any atom is -0.463 e. The lowest BCUT2D eigenvalue weighted by Gasteiger charge is -2.23. The summed E-state index contributed by atoms with van der Waals surface area (Å²) in [7, 11) is -4.81. The molecule has 0 saturated heterocycles. The van der Waals surface area contributed by atoms with E-state index in [1.807, 2.05) is 6.08 Å². The predicted octanol–water partition coefficient (Wildman–Crippen LogP) is 10.5. The minimum atomic E-state index is -4.81. The number of ketones is 1. The molecule has 0 aliphatic heterocycles. The number of aliphatic hydroxyl groups is 5. The molecule has 0 amide bonds. The number of rotatable bonds is 46. The minimum absolute atomic E-state index is 0.157. The summed E-state index contributed by atoms with van der Waals surface area (Å²) in [5, 5.41) is 46.9. The molecule has 6 N–H and O–H groups in total. The molecule has 360 valence electrons. The van der Waals surface area contributed by atoms with Crippen LogP contribution in [0.15, 0.2) is 24.3 Å². The van der Waals surface area contributed by atoms with E-state index in [0.717, 1.165) is 51.4 Å². The highest BCUT2D eigenvalue weighted by Gasteiger charge is 2.31. The summed E-state index contributed by atoms with van der Waals surface area (Å²) in [5.41, 5.74) is 0. The van der Waals surface area contributed by atoms with E-state index >= 15 is 0 Å². The van der Waals surface area contributed by atoms with Crippen LogP contribution in [0, 0.1) is 5.92 Å². The topological polar surface area (TPSA) is 200 Å². The molecule has 0 aliphatic carbocycles. The number of aliphatic hydroxyl groups excluding tert-OH is 5. The van der Waals surface area contributed by atoms with Gasteiger partial charge in [-0.05, 0) is 63.9 Å². The molecule has 0 radical (unpaired) electrons. The summed E-state index contributed by atoms with van der Waals surface area (Å²) in [6.45, 7) is 1.45. The molecule has 0 aliphatic rings. The molecule has 13 heteroatoms. The van der Waals surface area contributed by atoms with Crippen molar-refractivity contribution >= 4 is 19.6 Å². The average Bonchev–Trinajstić information content (AvgIpc) is 3.25. The molecule has 0 saturated carbocycles. The fourth-order valence-electron chi connectivity index (χ4n) is 7.22. The Bertz CT molecular complexity index is 1120. The van der Waals surface area contributed by atoms with Gasteiger partial charge in [0.15, 0.2) is 5.78 Å². The van der Waals surface area contributed by atoms with Gasteiger partial charge in [0.1, 0.15) is 31.0 Å². The summed E-state index contributed by atoms with van der Waals surface area (Å²) in [4.78, 5) is 34.6. The third kappa shape index (κ3) is 37.6. The average molecular weight is 891 g/mol. The number of carbonyl (C=O) groups excluding carboxylic acids is 2. The van der Waals surface area contributed by atoms with Crippen LogP contribution in [0.4, 0.5) is 0 Å². The van der Waals surface area contributed by atoms with E-state index in [0.29, 0.717) is 12.2 Å². The molecular weight excluding hydrogens is 799 g/mol. The van der Waals surface area contributed by atoms with Crippen LogP contribution in [0.3, 0.4) is 0 Å². The maximum absolute atomic E-state index is 12.7. The first-order valence-electron chi connectivity index (χ1n) is 24.4. The smallest absolute Gasteiger partial charge is 0.463 e. The van der Waals surface area contributed by atoms with Crippen molar-refractivity contribution in [3.63, 3.8) is 0 Å². The van der Waals surface area contributed by atoms with Gasteiger partial charge in [0, 0.05) is 12.3 Å². The molecule has 6 atom stereocenters. The zero-order valence-corrected chi connectivity index (χ0v) is 39.4. The molecule has 12 nitrogen and oxygen atoms in total. The Morgan fingerprint density at radius 2 is 1.03 bits per heavy atom. The van der Waals surface area contributed by atoms with Crippen LogP contribution in [-0.2, 0) is 27.9 Å². The largest absolute Gasteiger partial charge is 0.472 e. The van der Waals surface area contributed by atoms with Crippen molar-refractivity contribution in [3.05, 3.63) is 24.3 Å². The molecule has 0 heterocycles. The molecule has 61 heavy (non-hydrogen) atoms. The quantitative estimate of drug-likeness (QED) is 0.0111. The Labute approximate surface area is 370 Å². The van der Waals surface area contributed by atoms with Crippen molar-refractivity contribution in [3.8, 4) is 0 Å². The van der Waals surface area contributed by atoms with Crippen molar-refractivity contribution in [2.45, 2.75) is 237 Å². The number of hydrogen-bond donors (Lipinski definition) is 6. The third-order valence-electron chi connectivity index (χ3n) is 11.3. The Balaban J connectivity index is 3.74. The van der Waals surface area contributed by atoms with Gasteiger partial charge in [0.2, 0.25) is 0 Å². The van der Waals surface area contributed by atoms with Crippen LogP contribution in [0.25, 0.3) is 0 Å². The summed E-state index contributed by atoms with van der Waals surface area (Å²) in [6.07, 6.45) is 38.2. The first-order valence-corrected chi connectivity index (χ1v) is 25.9. The van der Waals surface area contributed by atoms with Gasteiger partial charge in [0.25, 0.3) is 0 Å². The molecule has 0 spiro atoms. The lowest BCUT2D eigenvalue weighted by molar-refractivity contribution is -0.147. The highest BCUT2D eigenvalue weighted by Crippen LogP contribution is 2.44. The van der Waals surface area contributed by atoms with Crippen LogP contribution >= 0.6 is 7.82 Å². The van der Waals surface area contributed by atoms with Crippen molar-refractivity contribution in [1.82, 2.24) is 0 Å². The molecule has 2 unspecified atom stereocenters. The lowest BCUT2D eigenvalue weighted by atomic mass is 9.93. The number of carbonyl (C=O) groups is 2. The van der Waals surface area contributed by atoms with E-state index in [-0.39, 0.29) is 12.3 Å². The van der Waals surface area contributed by atoms with Crippen LogP contribution < -0.4 is 0 Å². The van der Waals surface area contributed by atoms with E-state index in [9.17, 15) is 39.5 Å². The number of hydrogen-bond acceptors (Lipinski definition) is 11. The molecular formula is C48H91O12P. The second kappa shape index (κ2) is 42.5. The highest BCUT2D eigenvalue weighted by molar-refractivity contribution is 7.47. The first kappa shape index (κ1) is 59.5. The number of unbranched alkanes of at least 4 members (excludes halogenated alkanes) is 25. The summed E-state index contributed by atoms with van der Waals surface area (Å²) in [6, 6.07) is 0. The second-order valence-electron chi connectivity index (χ2n) is 16.9. The molecule has 0 rings (SSSR count). The second-order valence-corrected chi connectivity index (χ2v) is 18.3. The van der Waals surface area contributed by atoms with E-state index in [1.165, 1.54) is 135 Å². The zero-order chi connectivity index (χ0) is 45.2. The first-order chi connectivity index (χ1) is 29.5. The molecule has 0 bridgehead atoms. The Morgan fingerprint density at radius 3 is 1.51 bits per heavy atom. The van der Waals surface area contributed by atoms with Crippen LogP contribution in [0.1, 0.15) is 213 Å². The molecule has 0 aromatic rings. The maximum Gasteiger partial charge on any atom is 0.472 e. The Kier molecular flexibility index (Phi) is 41.5. The van der Waals surface area contributed by atoms with Gasteiger partial charge in [-0.25, -0.2) is 4.57 Å². The Hall–Kier alpha value is -1.47. The van der Waals surface area contributed by atoms with Crippen LogP contribution in [-0.4, -0.2) is 93.0 Å². The number of esters is 1. The lowest BCUT2D eigenvalue weighted by Crippen LogP contribution is -2.41. The van der Waals surface area contributed by atoms with Gasteiger partial charge in [-0.2, -0.15) is 0 Å². The van der Waals surface area contributed by atoms with E-state index < -0.39 is 64.6 Å². The molecule has 0 aromatic carbocycles. The van der Waals surface area contributed by atoms with Crippen molar-refractivity contribution in [2.75, 3.05) is 26.4 Å². The monoisotopic (exact) mass is 891 g/mol. The van der Waals surface area contributed by atoms with E-state index in [4.69, 9.17) is 14.4 Å². The summed E-state index contributed by atoms with van der Waals surface area (Å²) >= 11 is 0. The number of phosphoric acid groups is 1. The van der Waals surface area contributed by atoms with Crippen molar-refractivity contribution in [1.29, 1.82) is 0 Å². The van der Waals surface area contributed by atoms with Gasteiger partial charge in [-0.15, -0.1) is 0 Å². The number of allylic oxidation sites excluding steroid dienone is 4. The van der Waals surface area contributed by atoms with Crippen LogP contribution in [0.5, 0.6) is 0 Å². The molecule has 0 aromatic heterocycles. The molecule has 0 fully saturated rings. The maximum atomic E-state index is 12.7. The SMILES string of the molecule is CCCCCCCCCCCC=CCCCCCCC=CC(=O)C(CC)CCCCCCCCCCCCCCC(=O)OC[C@H](CO)OP(=O)(O)OC[C@@H](O)[C@@H](O)[C@H](O)CO. The van der Waals surface area contributed by atoms with E-state index in [1.54, 1.807) is 0 Å². The fourth-order valence-corrected chi connectivity index (χ4v) is 8.13. The van der Waals surface area contributed by atoms with Crippen molar-refractivity contribution in [2.24, 2.45) is 5.92 Å². The summed E-state index contributed by atoms with van der Waals surface area (Å²) < 4.78 is 26.5. The van der Waals surface area contributed by atoms with Gasteiger partial charge in [0.05, 0.1) is 19.8 Å². The van der Waals surface area contributed by atoms with Gasteiger partial charge in [-0.1, -0.05) is 167 Å². The third-order valence-corrected chi connectivity index (χ3v) is 12.3. The number of ether oxygens (including phenoxy) is 1. The van der Waals surface area contributed by atoms with Gasteiger partial charge in [-0.3, -0.25) is 18.6 Å². The van der Waals surface area contributed by atoms with Crippen molar-refractivity contribution < 1.29 is 58.4 Å². The summed E-state index contributed by atoms with van der Waals surface area (Å²) in [5.74, 6) is -0.0613. The fraction of sp³-hybridized carbons (Fsp3) is 0.875. The normalized spacial score (nSPS) is 15.5. The van der Waals surface area contributed by atoms with Gasteiger partial charge >= 0.3 is 13.8 Å². The van der Waals surface area contributed by atoms with E-state index in [2.05, 4.69) is 36.6 Å². The zero-order valence-electron chi connectivity index (χ0n) is 38.5. The number of phosphoric ester groups is 1.